The molecule has 0 amide bonds. The minimum absolute atomic E-state index is 0.398. The Balaban J connectivity index is 3.35. The minimum atomic E-state index is 0.398. The second kappa shape index (κ2) is 5.48. The average molecular weight is 141 g/mol. The SMILES string of the molecule is C/C=C(\C)CCC(N)CC. The van der Waals surface area contributed by atoms with E-state index in [1.54, 1.807) is 0 Å². The standard InChI is InChI=1S/C9H19N/c1-4-8(3)6-7-9(10)5-2/h4,9H,5-7,10H2,1-3H3/b8-4+. The molecule has 10 heavy (non-hydrogen) atoms. The lowest BCUT2D eigenvalue weighted by atomic mass is 10.1. The number of allylic oxidation sites excluding steroid dienone is 2. The second-order valence-electron chi connectivity index (χ2n) is 2.84. The molecule has 0 aliphatic rings. The molecule has 0 aromatic heterocycles. The summed E-state index contributed by atoms with van der Waals surface area (Å²) in [7, 11) is 0. The predicted molar refractivity (Wildman–Crippen MR) is 46.9 cm³/mol. The van der Waals surface area contributed by atoms with Crippen LogP contribution in [0, 0.1) is 0 Å². The predicted octanol–water partition coefficient (Wildman–Crippen LogP) is 2.47. The molecule has 0 saturated heterocycles. The molecule has 0 aromatic carbocycles. The van der Waals surface area contributed by atoms with Crippen molar-refractivity contribution in [1.82, 2.24) is 0 Å². The Morgan fingerprint density at radius 1 is 1.60 bits per heavy atom. The first-order valence-corrected chi connectivity index (χ1v) is 4.08. The Labute approximate surface area is 64.3 Å². The first kappa shape index (κ1) is 9.70. The summed E-state index contributed by atoms with van der Waals surface area (Å²) in [4.78, 5) is 0. The van der Waals surface area contributed by atoms with Crippen molar-refractivity contribution in [1.29, 1.82) is 0 Å². The zero-order chi connectivity index (χ0) is 7.98. The van der Waals surface area contributed by atoms with Crippen LogP contribution < -0.4 is 5.73 Å². The van der Waals surface area contributed by atoms with Crippen LogP contribution in [-0.2, 0) is 0 Å². The highest BCUT2D eigenvalue weighted by Crippen LogP contribution is 2.06. The third-order valence-electron chi connectivity index (χ3n) is 1.93. The molecule has 60 valence electrons. The Hall–Kier alpha value is -0.300. The van der Waals surface area contributed by atoms with E-state index in [-0.39, 0.29) is 0 Å². The molecular weight excluding hydrogens is 122 g/mol. The molecule has 0 aliphatic carbocycles. The number of hydrogen-bond donors (Lipinski definition) is 1. The van der Waals surface area contributed by atoms with E-state index in [9.17, 15) is 0 Å². The van der Waals surface area contributed by atoms with Gasteiger partial charge in [-0.05, 0) is 33.1 Å². The zero-order valence-electron chi connectivity index (χ0n) is 7.35. The molecule has 1 nitrogen and oxygen atoms in total. The lowest BCUT2D eigenvalue weighted by molar-refractivity contribution is 0.594. The van der Waals surface area contributed by atoms with E-state index in [1.807, 2.05) is 0 Å². The van der Waals surface area contributed by atoms with Crippen LogP contribution in [0.5, 0.6) is 0 Å². The monoisotopic (exact) mass is 141 g/mol. The van der Waals surface area contributed by atoms with E-state index < -0.39 is 0 Å². The van der Waals surface area contributed by atoms with Gasteiger partial charge >= 0.3 is 0 Å². The van der Waals surface area contributed by atoms with Crippen LogP contribution in [0.25, 0.3) is 0 Å². The van der Waals surface area contributed by atoms with Gasteiger partial charge in [-0.2, -0.15) is 0 Å². The number of nitrogens with two attached hydrogens (primary N) is 1. The fraction of sp³-hybridized carbons (Fsp3) is 0.778. The van der Waals surface area contributed by atoms with E-state index in [1.165, 1.54) is 5.57 Å². The van der Waals surface area contributed by atoms with Gasteiger partial charge in [0.2, 0.25) is 0 Å². The molecule has 0 heterocycles. The summed E-state index contributed by atoms with van der Waals surface area (Å²) in [6.07, 6.45) is 5.54. The van der Waals surface area contributed by atoms with Crippen molar-refractivity contribution in [2.75, 3.05) is 0 Å². The summed E-state index contributed by atoms with van der Waals surface area (Å²) in [6, 6.07) is 0.398. The van der Waals surface area contributed by atoms with E-state index >= 15 is 0 Å². The zero-order valence-corrected chi connectivity index (χ0v) is 7.35. The Kier molecular flexibility index (Phi) is 5.32. The van der Waals surface area contributed by atoms with E-state index in [4.69, 9.17) is 5.73 Å². The summed E-state index contributed by atoms with van der Waals surface area (Å²) < 4.78 is 0. The molecule has 1 unspecified atom stereocenters. The maximum Gasteiger partial charge on any atom is 0.00392 e. The van der Waals surface area contributed by atoms with Gasteiger partial charge in [0.25, 0.3) is 0 Å². The average Bonchev–Trinajstić information content (AvgIpc) is 1.99. The van der Waals surface area contributed by atoms with Gasteiger partial charge in [0.05, 0.1) is 0 Å². The molecule has 0 rings (SSSR count). The Morgan fingerprint density at radius 3 is 2.60 bits per heavy atom. The lowest BCUT2D eigenvalue weighted by Gasteiger charge is -2.07. The third-order valence-corrected chi connectivity index (χ3v) is 1.93. The molecular formula is C9H19N. The van der Waals surface area contributed by atoms with Crippen LogP contribution >= 0.6 is 0 Å². The quantitative estimate of drug-likeness (QED) is 0.598. The van der Waals surface area contributed by atoms with Gasteiger partial charge in [0.1, 0.15) is 0 Å². The van der Waals surface area contributed by atoms with Gasteiger partial charge < -0.3 is 5.73 Å². The molecule has 1 heteroatoms. The maximum atomic E-state index is 5.75. The smallest absolute Gasteiger partial charge is 0.00392 e. The van der Waals surface area contributed by atoms with Crippen LogP contribution in [0.2, 0.25) is 0 Å². The highest BCUT2D eigenvalue weighted by atomic mass is 14.6. The number of rotatable bonds is 4. The first-order valence-electron chi connectivity index (χ1n) is 4.08. The van der Waals surface area contributed by atoms with Crippen molar-refractivity contribution in [3.63, 3.8) is 0 Å². The fourth-order valence-corrected chi connectivity index (χ4v) is 0.762. The second-order valence-corrected chi connectivity index (χ2v) is 2.84. The summed E-state index contributed by atoms with van der Waals surface area (Å²) in [5.41, 5.74) is 7.20. The van der Waals surface area contributed by atoms with Crippen molar-refractivity contribution in [2.24, 2.45) is 5.73 Å². The highest BCUT2D eigenvalue weighted by molar-refractivity contribution is 4.95. The summed E-state index contributed by atoms with van der Waals surface area (Å²) in [5.74, 6) is 0. The van der Waals surface area contributed by atoms with Crippen molar-refractivity contribution >= 4 is 0 Å². The normalized spacial score (nSPS) is 15.4. The van der Waals surface area contributed by atoms with Crippen molar-refractivity contribution in [2.45, 2.75) is 46.1 Å². The minimum Gasteiger partial charge on any atom is -0.328 e. The largest absolute Gasteiger partial charge is 0.328 e. The van der Waals surface area contributed by atoms with E-state index in [0.717, 1.165) is 19.3 Å². The van der Waals surface area contributed by atoms with Gasteiger partial charge in [0, 0.05) is 6.04 Å². The fourth-order valence-electron chi connectivity index (χ4n) is 0.762. The van der Waals surface area contributed by atoms with Crippen LogP contribution in [0.3, 0.4) is 0 Å². The molecule has 0 saturated carbocycles. The molecule has 0 aromatic rings. The van der Waals surface area contributed by atoms with Gasteiger partial charge in [-0.3, -0.25) is 0 Å². The molecule has 0 radical (unpaired) electrons. The van der Waals surface area contributed by atoms with Crippen molar-refractivity contribution in [3.05, 3.63) is 11.6 Å². The summed E-state index contributed by atoms with van der Waals surface area (Å²) in [6.45, 7) is 6.37. The van der Waals surface area contributed by atoms with Gasteiger partial charge in [-0.1, -0.05) is 18.6 Å². The maximum absolute atomic E-state index is 5.75. The Bertz CT molecular complexity index is 105. The van der Waals surface area contributed by atoms with Crippen LogP contribution in [0.4, 0.5) is 0 Å². The van der Waals surface area contributed by atoms with Crippen LogP contribution in [0.1, 0.15) is 40.0 Å². The topological polar surface area (TPSA) is 26.0 Å². The molecule has 2 N–H and O–H groups in total. The molecule has 0 aliphatic heterocycles. The first-order chi connectivity index (χ1) is 4.70. The molecule has 0 fully saturated rings. The Morgan fingerprint density at radius 2 is 2.20 bits per heavy atom. The van der Waals surface area contributed by atoms with Gasteiger partial charge in [-0.15, -0.1) is 0 Å². The van der Waals surface area contributed by atoms with Crippen LogP contribution in [0.15, 0.2) is 11.6 Å². The van der Waals surface area contributed by atoms with Crippen molar-refractivity contribution in [3.8, 4) is 0 Å². The highest BCUT2D eigenvalue weighted by Gasteiger charge is 1.97. The van der Waals surface area contributed by atoms with Crippen LogP contribution in [-0.4, -0.2) is 6.04 Å². The number of hydrogen-bond acceptors (Lipinski definition) is 1. The summed E-state index contributed by atoms with van der Waals surface area (Å²) >= 11 is 0. The molecule has 0 bridgehead atoms. The van der Waals surface area contributed by atoms with E-state index in [0.29, 0.717) is 6.04 Å². The molecule has 1 atom stereocenters. The summed E-state index contributed by atoms with van der Waals surface area (Å²) in [5, 5.41) is 0. The lowest BCUT2D eigenvalue weighted by Crippen LogP contribution is -2.17. The molecule has 0 spiro atoms. The third kappa shape index (κ3) is 4.57. The van der Waals surface area contributed by atoms with E-state index in [2.05, 4.69) is 26.8 Å². The van der Waals surface area contributed by atoms with Gasteiger partial charge in [0.15, 0.2) is 0 Å². The van der Waals surface area contributed by atoms with Crippen molar-refractivity contribution < 1.29 is 0 Å². The van der Waals surface area contributed by atoms with Gasteiger partial charge in [-0.25, -0.2) is 0 Å².